The van der Waals surface area contributed by atoms with Crippen LogP contribution in [-0.4, -0.2) is 55.0 Å². The van der Waals surface area contributed by atoms with Crippen molar-refractivity contribution in [2.75, 3.05) is 32.1 Å². The highest BCUT2D eigenvalue weighted by molar-refractivity contribution is 5.93. The molecule has 0 N–H and O–H groups in total. The molecule has 1 aromatic rings. The monoisotopic (exact) mass is 293 g/mol. The Morgan fingerprint density at radius 3 is 2.38 bits per heavy atom. The molecule has 1 amide bonds. The van der Waals surface area contributed by atoms with Gasteiger partial charge in [-0.25, -0.2) is 4.98 Å². The fraction of sp³-hybridized carbons (Fsp3) is 0.533. The van der Waals surface area contributed by atoms with Gasteiger partial charge in [-0.3, -0.25) is 9.59 Å². The van der Waals surface area contributed by atoms with Crippen molar-refractivity contribution in [2.45, 2.75) is 26.8 Å². The van der Waals surface area contributed by atoms with Gasteiger partial charge in [0.1, 0.15) is 12.4 Å². The van der Waals surface area contributed by atoms with Crippen LogP contribution in [0.3, 0.4) is 0 Å². The van der Waals surface area contributed by atoms with Crippen molar-refractivity contribution in [1.82, 2.24) is 9.88 Å². The molecule has 0 saturated carbocycles. The van der Waals surface area contributed by atoms with Gasteiger partial charge in [-0.2, -0.15) is 0 Å². The van der Waals surface area contributed by atoms with Crippen LogP contribution < -0.4 is 4.90 Å². The Balaban J connectivity index is 2.89. The van der Waals surface area contributed by atoms with Gasteiger partial charge in [0.15, 0.2) is 0 Å². The largest absolute Gasteiger partial charge is 0.465 e. The van der Waals surface area contributed by atoms with E-state index in [1.807, 2.05) is 18.7 Å². The molecule has 0 bridgehead atoms. The summed E-state index contributed by atoms with van der Waals surface area (Å²) in [6, 6.07) is 3.55. The quantitative estimate of drug-likeness (QED) is 0.745. The van der Waals surface area contributed by atoms with Crippen LogP contribution in [0, 0.1) is 0 Å². The van der Waals surface area contributed by atoms with E-state index < -0.39 is 0 Å². The number of pyridine rings is 1. The molecule has 0 aliphatic heterocycles. The minimum absolute atomic E-state index is 0.0947. The van der Waals surface area contributed by atoms with Crippen LogP contribution >= 0.6 is 0 Å². The summed E-state index contributed by atoms with van der Waals surface area (Å²) in [5.74, 6) is 0.255. The highest BCUT2D eigenvalue weighted by Gasteiger charge is 2.17. The Morgan fingerprint density at radius 2 is 1.95 bits per heavy atom. The first-order chi connectivity index (χ1) is 9.86. The van der Waals surface area contributed by atoms with E-state index in [-0.39, 0.29) is 24.5 Å². The van der Waals surface area contributed by atoms with Crippen molar-refractivity contribution < 1.29 is 14.3 Å². The summed E-state index contributed by atoms with van der Waals surface area (Å²) in [6.45, 7) is 6.21. The highest BCUT2D eigenvalue weighted by Crippen LogP contribution is 2.15. The average Bonchev–Trinajstić information content (AvgIpc) is 2.44. The Bertz CT molecular complexity index is 483. The molecule has 0 aliphatic carbocycles. The lowest BCUT2D eigenvalue weighted by Gasteiger charge is -2.26. The Hall–Kier alpha value is -2.11. The van der Waals surface area contributed by atoms with Crippen LogP contribution in [0.25, 0.3) is 0 Å². The van der Waals surface area contributed by atoms with Gasteiger partial charge in [0.2, 0.25) is 0 Å². The molecule has 6 heteroatoms. The zero-order valence-corrected chi connectivity index (χ0v) is 13.3. The summed E-state index contributed by atoms with van der Waals surface area (Å²) in [5, 5.41) is 0. The van der Waals surface area contributed by atoms with Crippen molar-refractivity contribution >= 4 is 17.7 Å². The van der Waals surface area contributed by atoms with E-state index in [1.54, 1.807) is 33.2 Å². The number of hydrogen-bond donors (Lipinski definition) is 0. The van der Waals surface area contributed by atoms with E-state index >= 15 is 0 Å². The Morgan fingerprint density at radius 1 is 1.29 bits per heavy atom. The van der Waals surface area contributed by atoms with Gasteiger partial charge in [-0.05, 0) is 32.9 Å². The molecule has 0 radical (unpaired) electrons. The topological polar surface area (TPSA) is 62.7 Å². The van der Waals surface area contributed by atoms with E-state index in [4.69, 9.17) is 4.74 Å². The van der Waals surface area contributed by atoms with Gasteiger partial charge in [0.25, 0.3) is 5.91 Å². The summed E-state index contributed by atoms with van der Waals surface area (Å²) < 4.78 is 4.97. The summed E-state index contributed by atoms with van der Waals surface area (Å²) in [5.41, 5.74) is 0.517. The normalized spacial score (nSPS) is 10.4. The Kier molecular flexibility index (Phi) is 6.14. The number of esters is 1. The molecule has 0 aliphatic rings. The van der Waals surface area contributed by atoms with Crippen LogP contribution in [-0.2, 0) is 9.53 Å². The average molecular weight is 293 g/mol. The maximum Gasteiger partial charge on any atom is 0.325 e. The third-order valence-electron chi connectivity index (χ3n) is 2.92. The van der Waals surface area contributed by atoms with Gasteiger partial charge in [-0.1, -0.05) is 0 Å². The standard InChI is InChI=1S/C15H23N3O3/c1-6-21-14(19)10-18(11(2)3)13-8-7-12(9-16-13)15(20)17(4)5/h7-9,11H,6,10H2,1-5H3. The number of anilines is 1. The van der Waals surface area contributed by atoms with E-state index in [9.17, 15) is 9.59 Å². The predicted octanol–water partition coefficient (Wildman–Crippen LogP) is 1.56. The van der Waals surface area contributed by atoms with E-state index in [0.29, 0.717) is 18.0 Å². The van der Waals surface area contributed by atoms with E-state index in [0.717, 1.165) is 0 Å². The maximum absolute atomic E-state index is 11.8. The second-order valence-electron chi connectivity index (χ2n) is 5.13. The number of carbonyl (C=O) groups excluding carboxylic acids is 2. The number of nitrogens with zero attached hydrogens (tertiary/aromatic N) is 3. The van der Waals surface area contributed by atoms with Gasteiger partial charge in [0.05, 0.1) is 12.2 Å². The SMILES string of the molecule is CCOC(=O)CN(c1ccc(C(=O)N(C)C)cn1)C(C)C. The fourth-order valence-electron chi connectivity index (χ4n) is 1.81. The lowest BCUT2D eigenvalue weighted by Crippen LogP contribution is -2.37. The molecule has 0 spiro atoms. The number of rotatable bonds is 6. The van der Waals surface area contributed by atoms with Crippen LogP contribution in [0.4, 0.5) is 5.82 Å². The molecule has 116 valence electrons. The first-order valence-electron chi connectivity index (χ1n) is 6.96. The Labute approximate surface area is 125 Å². The van der Waals surface area contributed by atoms with Gasteiger partial charge in [-0.15, -0.1) is 0 Å². The van der Waals surface area contributed by atoms with Crippen molar-refractivity contribution in [1.29, 1.82) is 0 Å². The number of carbonyl (C=O) groups is 2. The smallest absolute Gasteiger partial charge is 0.325 e. The molecule has 0 saturated heterocycles. The van der Waals surface area contributed by atoms with Gasteiger partial charge < -0.3 is 14.5 Å². The summed E-state index contributed by atoms with van der Waals surface area (Å²) in [6.07, 6.45) is 1.53. The van der Waals surface area contributed by atoms with Crippen LogP contribution in [0.1, 0.15) is 31.1 Å². The summed E-state index contributed by atoms with van der Waals surface area (Å²) in [7, 11) is 3.38. The van der Waals surface area contributed by atoms with Crippen molar-refractivity contribution in [3.8, 4) is 0 Å². The molecule has 0 aromatic carbocycles. The van der Waals surface area contributed by atoms with E-state index in [2.05, 4.69) is 4.98 Å². The minimum atomic E-state index is -0.290. The molecule has 0 atom stereocenters. The predicted molar refractivity (Wildman–Crippen MR) is 81.4 cm³/mol. The molecule has 1 aromatic heterocycles. The fourth-order valence-corrected chi connectivity index (χ4v) is 1.81. The van der Waals surface area contributed by atoms with Crippen LogP contribution in [0.15, 0.2) is 18.3 Å². The molecular formula is C15H23N3O3. The maximum atomic E-state index is 11.8. The third kappa shape index (κ3) is 4.73. The van der Waals surface area contributed by atoms with Crippen molar-refractivity contribution in [3.63, 3.8) is 0 Å². The van der Waals surface area contributed by atoms with Crippen molar-refractivity contribution in [3.05, 3.63) is 23.9 Å². The number of ether oxygens (including phenoxy) is 1. The minimum Gasteiger partial charge on any atom is -0.465 e. The first-order valence-corrected chi connectivity index (χ1v) is 6.96. The second-order valence-corrected chi connectivity index (χ2v) is 5.13. The molecule has 21 heavy (non-hydrogen) atoms. The van der Waals surface area contributed by atoms with Crippen LogP contribution in [0.2, 0.25) is 0 Å². The second kappa shape index (κ2) is 7.61. The van der Waals surface area contributed by atoms with Crippen LogP contribution in [0.5, 0.6) is 0 Å². The molecule has 0 fully saturated rings. The van der Waals surface area contributed by atoms with Crippen molar-refractivity contribution in [2.24, 2.45) is 0 Å². The van der Waals surface area contributed by atoms with Gasteiger partial charge in [0, 0.05) is 26.3 Å². The lowest BCUT2D eigenvalue weighted by atomic mass is 10.2. The number of aromatic nitrogens is 1. The third-order valence-corrected chi connectivity index (χ3v) is 2.92. The highest BCUT2D eigenvalue weighted by atomic mass is 16.5. The molecule has 1 rings (SSSR count). The lowest BCUT2D eigenvalue weighted by molar-refractivity contribution is -0.141. The summed E-state index contributed by atoms with van der Waals surface area (Å²) >= 11 is 0. The molecular weight excluding hydrogens is 270 g/mol. The number of amides is 1. The zero-order valence-electron chi connectivity index (χ0n) is 13.3. The van der Waals surface area contributed by atoms with Gasteiger partial charge >= 0.3 is 5.97 Å². The number of hydrogen-bond acceptors (Lipinski definition) is 5. The van der Waals surface area contributed by atoms with E-state index in [1.165, 1.54) is 11.1 Å². The summed E-state index contributed by atoms with van der Waals surface area (Å²) in [4.78, 5) is 31.1. The first kappa shape index (κ1) is 16.9. The molecule has 6 nitrogen and oxygen atoms in total. The molecule has 0 unspecified atom stereocenters. The zero-order chi connectivity index (χ0) is 16.0. The molecule has 1 heterocycles.